The Kier molecular flexibility index (Phi) is 1.24. The van der Waals surface area contributed by atoms with Crippen LogP contribution in [0.15, 0.2) is 17.6 Å². The minimum atomic E-state index is 0.0795. The largest absolute Gasteiger partial charge is 0.325 e. The number of amides is 1. The van der Waals surface area contributed by atoms with Crippen LogP contribution in [0, 0.1) is 0 Å². The molecule has 1 amide bonds. The van der Waals surface area contributed by atoms with E-state index < -0.39 is 0 Å². The number of nitrogens with zero attached hydrogens (tertiary/aromatic N) is 1. The van der Waals surface area contributed by atoms with Crippen molar-refractivity contribution in [3.63, 3.8) is 0 Å². The molecule has 3 rings (SSSR count). The number of carbonyl (C=O) groups excluding carboxylic acids is 1. The predicted octanol–water partition coefficient (Wildman–Crippen LogP) is 1.79. The summed E-state index contributed by atoms with van der Waals surface area (Å²) in [5.41, 5.74) is 4.85. The molecule has 4 heteroatoms. The molecule has 2 heterocycles. The quantitative estimate of drug-likeness (QED) is 0.688. The number of carbonyl (C=O) groups is 1. The second kappa shape index (κ2) is 2.29. The number of thiazole rings is 1. The first kappa shape index (κ1) is 7.03. The van der Waals surface area contributed by atoms with Gasteiger partial charge in [0.25, 0.3) is 0 Å². The molecule has 1 aliphatic heterocycles. The third-order valence-electron chi connectivity index (χ3n) is 2.21. The monoisotopic (exact) mass is 190 g/mol. The number of nitrogens with one attached hydrogen (secondary N) is 1. The van der Waals surface area contributed by atoms with Crippen molar-refractivity contribution in [1.82, 2.24) is 4.98 Å². The fraction of sp³-hybridized carbons (Fsp3) is 0.111. The van der Waals surface area contributed by atoms with E-state index in [4.69, 9.17) is 0 Å². The molecule has 0 atom stereocenters. The van der Waals surface area contributed by atoms with Crippen molar-refractivity contribution >= 4 is 33.1 Å². The number of aromatic nitrogens is 1. The Morgan fingerprint density at radius 1 is 1.46 bits per heavy atom. The van der Waals surface area contributed by atoms with Crippen LogP contribution < -0.4 is 5.32 Å². The third kappa shape index (κ3) is 0.890. The number of benzene rings is 1. The molecule has 3 nitrogen and oxygen atoms in total. The van der Waals surface area contributed by atoms with Crippen molar-refractivity contribution in [3.05, 3.63) is 23.2 Å². The number of anilines is 1. The summed E-state index contributed by atoms with van der Waals surface area (Å²) in [7, 11) is 0. The van der Waals surface area contributed by atoms with Gasteiger partial charge in [-0.1, -0.05) is 0 Å². The highest BCUT2D eigenvalue weighted by Gasteiger charge is 2.20. The van der Waals surface area contributed by atoms with E-state index in [-0.39, 0.29) is 5.91 Å². The summed E-state index contributed by atoms with van der Waals surface area (Å²) in [6.45, 7) is 0. The minimum Gasteiger partial charge on any atom is -0.325 e. The van der Waals surface area contributed by atoms with Crippen LogP contribution in [0.2, 0.25) is 0 Å². The fourth-order valence-corrected chi connectivity index (χ4v) is 2.47. The van der Waals surface area contributed by atoms with Crippen LogP contribution in [0.1, 0.15) is 5.56 Å². The highest BCUT2D eigenvalue weighted by atomic mass is 32.1. The molecule has 1 aliphatic rings. The van der Waals surface area contributed by atoms with E-state index in [1.54, 1.807) is 11.3 Å². The molecular formula is C9H6N2OS. The maximum absolute atomic E-state index is 11.1. The molecule has 1 aromatic heterocycles. The van der Waals surface area contributed by atoms with Gasteiger partial charge in [-0.15, -0.1) is 11.3 Å². The van der Waals surface area contributed by atoms with Crippen LogP contribution in [0.3, 0.4) is 0 Å². The van der Waals surface area contributed by atoms with Gasteiger partial charge in [0.1, 0.15) is 0 Å². The molecular weight excluding hydrogens is 184 g/mol. The Hall–Kier alpha value is -1.42. The van der Waals surface area contributed by atoms with Crippen molar-refractivity contribution in [2.45, 2.75) is 6.42 Å². The Bertz CT molecular complexity index is 503. The molecule has 0 unspecified atom stereocenters. The van der Waals surface area contributed by atoms with E-state index in [0.29, 0.717) is 6.42 Å². The summed E-state index contributed by atoms with van der Waals surface area (Å²) in [5, 5.41) is 2.82. The van der Waals surface area contributed by atoms with Crippen LogP contribution in [0.4, 0.5) is 5.69 Å². The van der Waals surface area contributed by atoms with E-state index >= 15 is 0 Å². The Balaban J connectivity index is 2.40. The van der Waals surface area contributed by atoms with Gasteiger partial charge in [0.2, 0.25) is 5.91 Å². The van der Waals surface area contributed by atoms with E-state index in [9.17, 15) is 4.79 Å². The van der Waals surface area contributed by atoms with Crippen molar-refractivity contribution in [2.24, 2.45) is 0 Å². The van der Waals surface area contributed by atoms with Crippen molar-refractivity contribution in [3.8, 4) is 0 Å². The standard InChI is InChI=1S/C9H6N2OS/c12-8-3-5-6(11-8)1-2-7-9(5)13-4-10-7/h1-2,4H,3H2,(H,11,12). The summed E-state index contributed by atoms with van der Waals surface area (Å²) in [6, 6.07) is 3.86. The van der Waals surface area contributed by atoms with Gasteiger partial charge >= 0.3 is 0 Å². The third-order valence-corrected chi connectivity index (χ3v) is 3.12. The second-order valence-corrected chi connectivity index (χ2v) is 3.87. The molecule has 13 heavy (non-hydrogen) atoms. The first-order valence-electron chi connectivity index (χ1n) is 3.99. The lowest BCUT2D eigenvalue weighted by Gasteiger charge is -1.96. The molecule has 0 fully saturated rings. The van der Waals surface area contributed by atoms with Crippen LogP contribution in [0.5, 0.6) is 0 Å². The number of hydrogen-bond acceptors (Lipinski definition) is 3. The van der Waals surface area contributed by atoms with Gasteiger partial charge in [-0.2, -0.15) is 0 Å². The van der Waals surface area contributed by atoms with E-state index in [1.165, 1.54) is 0 Å². The van der Waals surface area contributed by atoms with Crippen LogP contribution >= 0.6 is 11.3 Å². The molecule has 0 aliphatic carbocycles. The molecule has 0 saturated carbocycles. The van der Waals surface area contributed by atoms with Gasteiger partial charge in [0.05, 0.1) is 22.1 Å². The predicted molar refractivity (Wildman–Crippen MR) is 52.0 cm³/mol. The highest BCUT2D eigenvalue weighted by molar-refractivity contribution is 7.17. The van der Waals surface area contributed by atoms with Gasteiger partial charge in [-0.25, -0.2) is 4.98 Å². The summed E-state index contributed by atoms with van der Waals surface area (Å²) >= 11 is 1.59. The summed E-state index contributed by atoms with van der Waals surface area (Å²) in [6.07, 6.45) is 0.495. The average Bonchev–Trinajstić information content (AvgIpc) is 2.65. The molecule has 1 N–H and O–H groups in total. The highest BCUT2D eigenvalue weighted by Crippen LogP contribution is 2.32. The summed E-state index contributed by atoms with van der Waals surface area (Å²) in [5.74, 6) is 0.0795. The topological polar surface area (TPSA) is 42.0 Å². The van der Waals surface area contributed by atoms with E-state index in [2.05, 4.69) is 10.3 Å². The lowest BCUT2D eigenvalue weighted by molar-refractivity contribution is -0.115. The van der Waals surface area contributed by atoms with Gasteiger partial charge in [-0.05, 0) is 12.1 Å². The van der Waals surface area contributed by atoms with Gasteiger partial charge < -0.3 is 5.32 Å². The number of fused-ring (bicyclic) bond motifs is 3. The Morgan fingerprint density at radius 2 is 2.38 bits per heavy atom. The lowest BCUT2D eigenvalue weighted by Crippen LogP contribution is -2.03. The smallest absolute Gasteiger partial charge is 0.228 e. The van der Waals surface area contributed by atoms with Crippen LogP contribution in [0.25, 0.3) is 10.2 Å². The zero-order valence-corrected chi connectivity index (χ0v) is 7.52. The molecule has 0 radical (unpaired) electrons. The van der Waals surface area contributed by atoms with Gasteiger partial charge in [0, 0.05) is 11.3 Å². The van der Waals surface area contributed by atoms with Crippen molar-refractivity contribution in [2.75, 3.05) is 5.32 Å². The SMILES string of the molecule is O=C1Cc2c(ccc3ncsc23)N1. The van der Waals surface area contributed by atoms with Gasteiger partial charge in [0.15, 0.2) is 0 Å². The molecule has 64 valence electrons. The minimum absolute atomic E-state index is 0.0795. The lowest BCUT2D eigenvalue weighted by atomic mass is 10.1. The van der Waals surface area contributed by atoms with Gasteiger partial charge in [-0.3, -0.25) is 4.79 Å². The molecule has 1 aromatic carbocycles. The zero-order chi connectivity index (χ0) is 8.84. The first-order valence-corrected chi connectivity index (χ1v) is 4.87. The van der Waals surface area contributed by atoms with Crippen LogP contribution in [-0.2, 0) is 11.2 Å². The zero-order valence-electron chi connectivity index (χ0n) is 6.70. The molecule has 0 bridgehead atoms. The fourth-order valence-electron chi connectivity index (χ4n) is 1.63. The number of hydrogen-bond donors (Lipinski definition) is 1. The van der Waals surface area contributed by atoms with E-state index in [0.717, 1.165) is 21.5 Å². The maximum Gasteiger partial charge on any atom is 0.228 e. The Labute approximate surface area is 78.4 Å². The van der Waals surface area contributed by atoms with Crippen molar-refractivity contribution < 1.29 is 4.79 Å². The molecule has 0 saturated heterocycles. The number of rotatable bonds is 0. The normalized spacial score (nSPS) is 14.6. The van der Waals surface area contributed by atoms with E-state index in [1.807, 2.05) is 17.6 Å². The second-order valence-electron chi connectivity index (χ2n) is 3.02. The van der Waals surface area contributed by atoms with Crippen molar-refractivity contribution in [1.29, 1.82) is 0 Å². The van der Waals surface area contributed by atoms with Crippen LogP contribution in [-0.4, -0.2) is 10.9 Å². The summed E-state index contributed by atoms with van der Waals surface area (Å²) < 4.78 is 1.14. The molecule has 0 spiro atoms. The first-order chi connectivity index (χ1) is 6.34. The maximum atomic E-state index is 11.1. The molecule has 2 aromatic rings. The average molecular weight is 190 g/mol. The Morgan fingerprint density at radius 3 is 3.31 bits per heavy atom. The summed E-state index contributed by atoms with van der Waals surface area (Å²) in [4.78, 5) is 15.3.